The summed E-state index contributed by atoms with van der Waals surface area (Å²) in [5, 5.41) is 0. The van der Waals surface area contributed by atoms with Crippen molar-refractivity contribution in [2.75, 3.05) is 6.54 Å². The van der Waals surface area contributed by atoms with Gasteiger partial charge in [-0.25, -0.2) is 4.79 Å². The van der Waals surface area contributed by atoms with Crippen molar-refractivity contribution >= 4 is 12.2 Å². The van der Waals surface area contributed by atoms with Crippen molar-refractivity contribution in [2.45, 2.75) is 0 Å². The smallest absolute Gasteiger partial charge is 0.126 e. The summed E-state index contributed by atoms with van der Waals surface area (Å²) in [7, 11) is 0. The highest BCUT2D eigenvalue weighted by molar-refractivity contribution is 5.81. The Bertz CT molecular complexity index is 131. The molecule has 0 aliphatic rings. The Hall–Kier alpha value is -1.14. The minimum atomic E-state index is 0.554. The van der Waals surface area contributed by atoms with E-state index in [4.69, 9.17) is 0 Å². The van der Waals surface area contributed by atoms with Crippen LogP contribution in [0.5, 0.6) is 0 Å². The quantitative estimate of drug-likeness (QED) is 0.297. The van der Waals surface area contributed by atoms with Gasteiger partial charge in [0.2, 0.25) is 0 Å². The van der Waals surface area contributed by atoms with E-state index in [-0.39, 0.29) is 0 Å². The first-order chi connectivity index (χ1) is 3.91. The van der Waals surface area contributed by atoms with Crippen molar-refractivity contribution in [1.82, 2.24) is 0 Å². The third-order valence-electron chi connectivity index (χ3n) is 0.482. The van der Waals surface area contributed by atoms with Crippen LogP contribution >= 0.6 is 0 Å². The molecule has 0 unspecified atom stereocenters. The highest BCUT2D eigenvalue weighted by Gasteiger charge is 1.61. The van der Waals surface area contributed by atoms with E-state index in [0.717, 1.165) is 0 Å². The molecule has 0 aromatic heterocycles. The lowest BCUT2D eigenvalue weighted by molar-refractivity contribution is 0.569. The van der Waals surface area contributed by atoms with Crippen LogP contribution in [-0.2, 0) is 4.79 Å². The SMILES string of the molecule is C=CCN=CC=C=O. The number of aliphatic imine (C=N–C) groups is 1. The second-order valence-corrected chi connectivity index (χ2v) is 1.09. The van der Waals surface area contributed by atoms with E-state index >= 15 is 0 Å². The van der Waals surface area contributed by atoms with Gasteiger partial charge < -0.3 is 0 Å². The maximum absolute atomic E-state index is 9.47. The lowest BCUT2D eigenvalue weighted by atomic mass is 10.6. The Labute approximate surface area is 48.2 Å². The fourth-order valence-electron chi connectivity index (χ4n) is 0.219. The molecule has 0 aromatic carbocycles. The number of hydrogen-bond acceptors (Lipinski definition) is 2. The van der Waals surface area contributed by atoms with Crippen molar-refractivity contribution in [1.29, 1.82) is 0 Å². The average Bonchev–Trinajstić information content (AvgIpc) is 1.81. The van der Waals surface area contributed by atoms with Crippen LogP contribution in [0.3, 0.4) is 0 Å². The molecule has 8 heavy (non-hydrogen) atoms. The molecule has 0 aromatic rings. The first-order valence-electron chi connectivity index (χ1n) is 2.22. The van der Waals surface area contributed by atoms with Gasteiger partial charge in [-0.05, 0) is 0 Å². The van der Waals surface area contributed by atoms with Gasteiger partial charge in [0, 0.05) is 12.3 Å². The van der Waals surface area contributed by atoms with Crippen LogP contribution in [0.1, 0.15) is 0 Å². The van der Waals surface area contributed by atoms with E-state index in [1.165, 1.54) is 12.3 Å². The minimum absolute atomic E-state index is 0.554. The molecule has 0 aliphatic heterocycles. The molecule has 0 aliphatic carbocycles. The summed E-state index contributed by atoms with van der Waals surface area (Å²) < 4.78 is 0. The molecule has 42 valence electrons. The first-order valence-corrected chi connectivity index (χ1v) is 2.22. The highest BCUT2D eigenvalue weighted by Crippen LogP contribution is 1.65. The van der Waals surface area contributed by atoms with Gasteiger partial charge in [0.05, 0.1) is 6.54 Å². The summed E-state index contributed by atoms with van der Waals surface area (Å²) in [6.07, 6.45) is 4.26. The van der Waals surface area contributed by atoms with Crippen molar-refractivity contribution < 1.29 is 4.79 Å². The molecule has 0 atom stereocenters. The minimum Gasteiger partial charge on any atom is -0.288 e. The number of allylic oxidation sites excluding steroid dienone is 1. The molecule has 0 fully saturated rings. The monoisotopic (exact) mass is 109 g/mol. The summed E-state index contributed by atoms with van der Waals surface area (Å²) in [6, 6.07) is 0. The van der Waals surface area contributed by atoms with E-state index in [2.05, 4.69) is 11.6 Å². The van der Waals surface area contributed by atoms with E-state index in [1.54, 1.807) is 12.0 Å². The average molecular weight is 109 g/mol. The van der Waals surface area contributed by atoms with E-state index in [0.29, 0.717) is 6.54 Å². The Morgan fingerprint density at radius 3 is 3.00 bits per heavy atom. The van der Waals surface area contributed by atoms with Crippen LogP contribution in [-0.4, -0.2) is 18.7 Å². The van der Waals surface area contributed by atoms with Crippen LogP contribution in [0.15, 0.2) is 23.7 Å². The predicted octanol–water partition coefficient (Wildman–Crippen LogP) is 0.631. The molecule has 0 radical (unpaired) electrons. The molecule has 0 amide bonds. The largest absolute Gasteiger partial charge is 0.288 e. The Morgan fingerprint density at radius 2 is 2.50 bits per heavy atom. The van der Waals surface area contributed by atoms with Crippen molar-refractivity contribution in [3.63, 3.8) is 0 Å². The summed E-state index contributed by atoms with van der Waals surface area (Å²) in [5.74, 6) is 1.57. The molecule has 0 rings (SSSR count). The second kappa shape index (κ2) is 5.86. The number of nitrogens with zero attached hydrogens (tertiary/aromatic N) is 1. The molecule has 0 saturated heterocycles. The lowest BCUT2D eigenvalue weighted by Gasteiger charge is -1.72. The highest BCUT2D eigenvalue weighted by atomic mass is 16.1. The zero-order valence-corrected chi connectivity index (χ0v) is 4.50. The second-order valence-electron chi connectivity index (χ2n) is 1.09. The van der Waals surface area contributed by atoms with Crippen LogP contribution < -0.4 is 0 Å². The number of rotatable bonds is 3. The maximum atomic E-state index is 9.47. The lowest BCUT2D eigenvalue weighted by Crippen LogP contribution is -1.69. The van der Waals surface area contributed by atoms with Crippen LogP contribution in [0.2, 0.25) is 0 Å². The van der Waals surface area contributed by atoms with Crippen LogP contribution in [0.4, 0.5) is 0 Å². The van der Waals surface area contributed by atoms with Crippen molar-refractivity contribution in [3.05, 3.63) is 18.7 Å². The Balaban J connectivity index is 3.33. The van der Waals surface area contributed by atoms with Gasteiger partial charge in [0.15, 0.2) is 0 Å². The summed E-state index contributed by atoms with van der Waals surface area (Å²) >= 11 is 0. The zero-order chi connectivity index (χ0) is 6.24. The van der Waals surface area contributed by atoms with Gasteiger partial charge in [-0.3, -0.25) is 4.99 Å². The van der Waals surface area contributed by atoms with E-state index < -0.39 is 0 Å². The third kappa shape index (κ3) is 4.86. The molecular formula is C6H7NO. The van der Waals surface area contributed by atoms with Gasteiger partial charge in [0.25, 0.3) is 0 Å². The summed E-state index contributed by atoms with van der Waals surface area (Å²) in [4.78, 5) is 13.2. The fourth-order valence-corrected chi connectivity index (χ4v) is 0.219. The Morgan fingerprint density at radius 1 is 1.75 bits per heavy atom. The summed E-state index contributed by atoms with van der Waals surface area (Å²) in [5.41, 5.74) is 0. The third-order valence-corrected chi connectivity index (χ3v) is 0.482. The van der Waals surface area contributed by atoms with Crippen LogP contribution in [0, 0.1) is 0 Å². The first kappa shape index (κ1) is 6.86. The normalized spacial score (nSPS) is 8.50. The van der Waals surface area contributed by atoms with Gasteiger partial charge in [-0.1, -0.05) is 6.08 Å². The summed E-state index contributed by atoms with van der Waals surface area (Å²) in [6.45, 7) is 3.99. The zero-order valence-electron chi connectivity index (χ0n) is 4.50. The molecule has 0 N–H and O–H groups in total. The van der Waals surface area contributed by atoms with E-state index in [9.17, 15) is 4.79 Å². The molecule has 0 saturated carbocycles. The maximum Gasteiger partial charge on any atom is 0.126 e. The van der Waals surface area contributed by atoms with Crippen molar-refractivity contribution in [2.24, 2.45) is 4.99 Å². The molecule has 2 nitrogen and oxygen atoms in total. The van der Waals surface area contributed by atoms with Crippen LogP contribution in [0.25, 0.3) is 0 Å². The molecule has 0 spiro atoms. The van der Waals surface area contributed by atoms with Gasteiger partial charge in [-0.15, -0.1) is 6.58 Å². The number of carbonyl (C=O) groups excluding carboxylic acids is 1. The molecule has 0 bridgehead atoms. The number of hydrogen-bond donors (Lipinski definition) is 0. The van der Waals surface area contributed by atoms with Gasteiger partial charge in [-0.2, -0.15) is 0 Å². The van der Waals surface area contributed by atoms with Gasteiger partial charge >= 0.3 is 0 Å². The van der Waals surface area contributed by atoms with Gasteiger partial charge in [0.1, 0.15) is 5.94 Å². The fraction of sp³-hybridized carbons (Fsp3) is 0.167. The van der Waals surface area contributed by atoms with Crippen molar-refractivity contribution in [3.8, 4) is 0 Å². The molecule has 0 heterocycles. The Kier molecular flexibility index (Phi) is 5.02. The van der Waals surface area contributed by atoms with E-state index in [1.807, 2.05) is 0 Å². The molecule has 2 heteroatoms. The predicted molar refractivity (Wildman–Crippen MR) is 33.8 cm³/mol. The molecular weight excluding hydrogens is 102 g/mol. The topological polar surface area (TPSA) is 29.4 Å². The standard InChI is InChI=1S/C6H7NO/c1-2-4-7-5-3-6-8/h2-3,5H,1,4H2.